The summed E-state index contributed by atoms with van der Waals surface area (Å²) in [6.07, 6.45) is 0.148. The Morgan fingerprint density at radius 1 is 1.12 bits per heavy atom. The summed E-state index contributed by atoms with van der Waals surface area (Å²) in [6.45, 7) is 1.81. The van der Waals surface area contributed by atoms with Gasteiger partial charge in [-0.25, -0.2) is 8.78 Å². The lowest BCUT2D eigenvalue weighted by Crippen LogP contribution is -2.26. The highest BCUT2D eigenvalue weighted by atomic mass is 19.2. The maximum atomic E-state index is 13.4. The molecule has 0 atom stereocenters. The van der Waals surface area contributed by atoms with Gasteiger partial charge in [-0.2, -0.15) is 9.61 Å². The fourth-order valence-corrected chi connectivity index (χ4v) is 3.73. The summed E-state index contributed by atoms with van der Waals surface area (Å²) in [5.41, 5.74) is 2.93. The Morgan fingerprint density at radius 2 is 1.88 bits per heavy atom. The number of rotatable bonds is 6. The minimum atomic E-state index is -1.05. The fourth-order valence-electron chi connectivity index (χ4n) is 3.73. The molecule has 2 heterocycles. The highest BCUT2D eigenvalue weighted by Gasteiger charge is 2.18. The SMILES string of the molecule is COc1ccccc1-c1cc2n(C)c(C)c(CCC(=O)Nc3ccc(F)c(F)c3)c(=O)n2n1. The second-order valence-electron chi connectivity index (χ2n) is 7.61. The molecule has 33 heavy (non-hydrogen) atoms. The summed E-state index contributed by atoms with van der Waals surface area (Å²) in [5, 5.41) is 7.01. The van der Waals surface area contributed by atoms with Crippen molar-refractivity contribution in [3.8, 4) is 17.0 Å². The number of methoxy groups -OCH3 is 1. The summed E-state index contributed by atoms with van der Waals surface area (Å²) >= 11 is 0. The number of aromatic nitrogens is 3. The third-order valence-corrected chi connectivity index (χ3v) is 5.61. The summed E-state index contributed by atoms with van der Waals surface area (Å²) in [7, 11) is 3.39. The van der Waals surface area contributed by atoms with Crippen LogP contribution in [-0.2, 0) is 18.3 Å². The van der Waals surface area contributed by atoms with Crippen molar-refractivity contribution in [2.24, 2.45) is 7.05 Å². The van der Waals surface area contributed by atoms with E-state index in [1.165, 1.54) is 10.6 Å². The molecule has 7 nitrogen and oxygen atoms in total. The lowest BCUT2D eigenvalue weighted by molar-refractivity contribution is -0.116. The molecular formula is C24H22F2N4O3. The molecule has 170 valence electrons. The van der Waals surface area contributed by atoms with Gasteiger partial charge in [-0.1, -0.05) is 12.1 Å². The second-order valence-corrected chi connectivity index (χ2v) is 7.61. The molecule has 0 bridgehead atoms. The molecule has 0 radical (unpaired) electrons. The van der Waals surface area contributed by atoms with E-state index in [1.54, 1.807) is 14.0 Å². The van der Waals surface area contributed by atoms with Crippen molar-refractivity contribution in [3.05, 3.63) is 81.8 Å². The maximum absolute atomic E-state index is 13.4. The van der Waals surface area contributed by atoms with Gasteiger partial charge in [-0.3, -0.25) is 9.59 Å². The summed E-state index contributed by atoms with van der Waals surface area (Å²) in [5.74, 6) is -1.82. The number of amides is 1. The number of anilines is 1. The zero-order chi connectivity index (χ0) is 23.7. The predicted octanol–water partition coefficient (Wildman–Crippen LogP) is 3.87. The summed E-state index contributed by atoms with van der Waals surface area (Å²) < 4.78 is 35.0. The van der Waals surface area contributed by atoms with Crippen LogP contribution in [0.25, 0.3) is 16.9 Å². The number of halogens is 2. The van der Waals surface area contributed by atoms with E-state index in [9.17, 15) is 18.4 Å². The van der Waals surface area contributed by atoms with Gasteiger partial charge in [0.15, 0.2) is 11.6 Å². The third kappa shape index (κ3) is 4.21. The van der Waals surface area contributed by atoms with Crippen molar-refractivity contribution < 1.29 is 18.3 Å². The number of ether oxygens (including phenoxy) is 1. The van der Waals surface area contributed by atoms with Gasteiger partial charge in [-0.15, -0.1) is 0 Å². The van der Waals surface area contributed by atoms with Gasteiger partial charge in [0.1, 0.15) is 11.4 Å². The Labute approximate surface area is 188 Å². The first-order valence-corrected chi connectivity index (χ1v) is 10.3. The summed E-state index contributed by atoms with van der Waals surface area (Å²) in [4.78, 5) is 25.5. The molecule has 2 aromatic carbocycles. The molecule has 2 aromatic heterocycles. The number of carbonyl (C=O) groups is 1. The Morgan fingerprint density at radius 3 is 2.61 bits per heavy atom. The zero-order valence-corrected chi connectivity index (χ0v) is 18.4. The van der Waals surface area contributed by atoms with Crippen LogP contribution in [0.15, 0.2) is 53.3 Å². The lowest BCUT2D eigenvalue weighted by atomic mass is 10.1. The number of benzene rings is 2. The minimum absolute atomic E-state index is 0.0127. The fraction of sp³-hybridized carbons (Fsp3) is 0.208. The van der Waals surface area contributed by atoms with Gasteiger partial charge >= 0.3 is 0 Å². The smallest absolute Gasteiger partial charge is 0.277 e. The van der Waals surface area contributed by atoms with E-state index in [4.69, 9.17) is 4.74 Å². The third-order valence-electron chi connectivity index (χ3n) is 5.61. The van der Waals surface area contributed by atoms with Crippen LogP contribution in [0, 0.1) is 18.6 Å². The zero-order valence-electron chi connectivity index (χ0n) is 18.4. The molecule has 4 aromatic rings. The van der Waals surface area contributed by atoms with Crippen LogP contribution in [0.4, 0.5) is 14.5 Å². The normalized spacial score (nSPS) is 11.1. The number of carbonyl (C=O) groups excluding carboxylic acids is 1. The standard InChI is InChI=1S/C24H22F2N4O3/c1-14-16(9-11-22(31)27-15-8-10-18(25)19(26)12-15)24(32)30-23(29(14)2)13-20(28-30)17-6-4-5-7-21(17)33-3/h4-8,10,12-13H,9,11H2,1-3H3,(H,27,31). The maximum Gasteiger partial charge on any atom is 0.277 e. The van der Waals surface area contributed by atoms with Crippen LogP contribution in [-0.4, -0.2) is 27.2 Å². The molecule has 4 rings (SSSR count). The molecule has 0 aliphatic rings. The van der Waals surface area contributed by atoms with Crippen molar-refractivity contribution in [1.29, 1.82) is 0 Å². The first-order chi connectivity index (χ1) is 15.8. The van der Waals surface area contributed by atoms with Crippen molar-refractivity contribution in [1.82, 2.24) is 14.2 Å². The number of hydrogen-bond donors (Lipinski definition) is 1. The molecule has 0 fully saturated rings. The molecular weight excluding hydrogens is 430 g/mol. The molecule has 0 spiro atoms. The van der Waals surface area contributed by atoms with Crippen LogP contribution >= 0.6 is 0 Å². The minimum Gasteiger partial charge on any atom is -0.496 e. The van der Waals surface area contributed by atoms with Crippen LogP contribution < -0.4 is 15.6 Å². The van der Waals surface area contributed by atoms with Crippen LogP contribution in [0.2, 0.25) is 0 Å². The molecule has 0 unspecified atom stereocenters. The Balaban J connectivity index is 1.62. The summed E-state index contributed by atoms with van der Waals surface area (Å²) in [6, 6.07) is 12.3. The first-order valence-electron chi connectivity index (χ1n) is 10.3. The van der Waals surface area contributed by atoms with E-state index < -0.39 is 17.5 Å². The van der Waals surface area contributed by atoms with E-state index in [2.05, 4.69) is 10.4 Å². The van der Waals surface area contributed by atoms with Crippen molar-refractivity contribution in [3.63, 3.8) is 0 Å². The van der Waals surface area contributed by atoms with Gasteiger partial charge in [0.2, 0.25) is 5.91 Å². The van der Waals surface area contributed by atoms with Crippen LogP contribution in [0.3, 0.4) is 0 Å². The van der Waals surface area contributed by atoms with Crippen molar-refractivity contribution >= 4 is 17.2 Å². The number of fused-ring (bicyclic) bond motifs is 1. The van der Waals surface area contributed by atoms with Gasteiger partial charge in [-0.05, 0) is 37.6 Å². The molecule has 0 saturated carbocycles. The van der Waals surface area contributed by atoms with Crippen LogP contribution in [0.1, 0.15) is 17.7 Å². The van der Waals surface area contributed by atoms with Gasteiger partial charge in [0.05, 0.1) is 12.8 Å². The van der Waals surface area contributed by atoms with Crippen molar-refractivity contribution in [2.45, 2.75) is 19.8 Å². The van der Waals surface area contributed by atoms with Gasteiger partial charge in [0, 0.05) is 48.1 Å². The molecule has 0 aliphatic carbocycles. The monoisotopic (exact) mass is 452 g/mol. The Kier molecular flexibility index (Phi) is 5.95. The molecule has 0 saturated heterocycles. The van der Waals surface area contributed by atoms with E-state index in [-0.39, 0.29) is 24.1 Å². The molecule has 1 N–H and O–H groups in total. The van der Waals surface area contributed by atoms with E-state index in [0.717, 1.165) is 17.7 Å². The second kappa shape index (κ2) is 8.85. The largest absolute Gasteiger partial charge is 0.496 e. The Bertz CT molecular complexity index is 1430. The molecule has 9 heteroatoms. The number of para-hydroxylation sites is 1. The molecule has 0 aliphatic heterocycles. The highest BCUT2D eigenvalue weighted by Crippen LogP contribution is 2.29. The Hall–Kier alpha value is -4.01. The number of nitrogens with one attached hydrogen (secondary N) is 1. The van der Waals surface area contributed by atoms with Gasteiger partial charge in [0.25, 0.3) is 5.56 Å². The quantitative estimate of drug-likeness (QED) is 0.482. The lowest BCUT2D eigenvalue weighted by Gasteiger charge is -2.12. The highest BCUT2D eigenvalue weighted by molar-refractivity contribution is 5.90. The van der Waals surface area contributed by atoms with Crippen molar-refractivity contribution in [2.75, 3.05) is 12.4 Å². The molecule has 1 amide bonds. The van der Waals surface area contributed by atoms with E-state index >= 15 is 0 Å². The average Bonchev–Trinajstić information content (AvgIpc) is 3.26. The topological polar surface area (TPSA) is 77.6 Å². The predicted molar refractivity (Wildman–Crippen MR) is 120 cm³/mol. The number of nitrogens with zero attached hydrogens (tertiary/aromatic N) is 3. The number of aryl methyl sites for hydroxylation is 1. The average molecular weight is 452 g/mol. The van der Waals surface area contributed by atoms with E-state index in [0.29, 0.717) is 28.3 Å². The van der Waals surface area contributed by atoms with Crippen LogP contribution in [0.5, 0.6) is 5.75 Å². The first kappa shape index (κ1) is 22.2. The number of hydrogen-bond acceptors (Lipinski definition) is 4. The van der Waals surface area contributed by atoms with E-state index in [1.807, 2.05) is 41.9 Å². The van der Waals surface area contributed by atoms with Gasteiger partial charge < -0.3 is 14.6 Å².